The predicted molar refractivity (Wildman–Crippen MR) is 75.7 cm³/mol. The molecule has 19 heavy (non-hydrogen) atoms. The van der Waals surface area contributed by atoms with Gasteiger partial charge in [-0.3, -0.25) is 4.68 Å². The van der Waals surface area contributed by atoms with Crippen LogP contribution < -0.4 is 5.73 Å². The summed E-state index contributed by atoms with van der Waals surface area (Å²) in [6.45, 7) is 4.47. The first-order valence-corrected chi connectivity index (χ1v) is 8.73. The van der Waals surface area contributed by atoms with Gasteiger partial charge in [0.2, 0.25) is 0 Å². The number of nitrogens with zero attached hydrogens (tertiary/aromatic N) is 2. The van der Waals surface area contributed by atoms with Gasteiger partial charge in [-0.2, -0.15) is 5.10 Å². The summed E-state index contributed by atoms with van der Waals surface area (Å²) in [6.07, 6.45) is 4.73. The van der Waals surface area contributed by atoms with E-state index >= 15 is 0 Å². The summed E-state index contributed by atoms with van der Waals surface area (Å²) in [7, 11) is -2.95. The number of aromatic nitrogens is 2. The van der Waals surface area contributed by atoms with Crippen LogP contribution in [0.1, 0.15) is 48.7 Å². The standard InChI is InChI=1S/C13H23N3O2S/c1-9-13(8-14)10(2)16(15-9)11-5-4-6-12(7-11)19(3,17)18/h11-12H,4-8,14H2,1-3H3. The summed E-state index contributed by atoms with van der Waals surface area (Å²) in [5.74, 6) is 0. The third-order valence-electron chi connectivity index (χ3n) is 4.23. The lowest BCUT2D eigenvalue weighted by atomic mass is 9.95. The molecule has 1 aromatic heterocycles. The first-order valence-electron chi connectivity index (χ1n) is 6.78. The van der Waals surface area contributed by atoms with Gasteiger partial charge in [-0.25, -0.2) is 8.42 Å². The second-order valence-corrected chi connectivity index (χ2v) is 7.90. The zero-order valence-electron chi connectivity index (χ0n) is 11.9. The molecule has 6 heteroatoms. The number of sulfone groups is 1. The van der Waals surface area contributed by atoms with E-state index in [1.165, 1.54) is 6.26 Å². The van der Waals surface area contributed by atoms with E-state index in [-0.39, 0.29) is 11.3 Å². The van der Waals surface area contributed by atoms with E-state index in [1.807, 2.05) is 18.5 Å². The molecule has 1 heterocycles. The summed E-state index contributed by atoms with van der Waals surface area (Å²) in [6, 6.07) is 0.187. The van der Waals surface area contributed by atoms with E-state index in [4.69, 9.17) is 5.73 Å². The number of hydrogen-bond donors (Lipinski definition) is 1. The van der Waals surface area contributed by atoms with Crippen LogP contribution in [-0.2, 0) is 16.4 Å². The molecule has 1 aliphatic rings. The lowest BCUT2D eigenvalue weighted by molar-refractivity contribution is 0.324. The lowest BCUT2D eigenvalue weighted by Gasteiger charge is -2.29. The van der Waals surface area contributed by atoms with Crippen LogP contribution in [0.3, 0.4) is 0 Å². The molecule has 0 amide bonds. The molecule has 0 saturated heterocycles. The largest absolute Gasteiger partial charge is 0.326 e. The van der Waals surface area contributed by atoms with Crippen LogP contribution in [0.5, 0.6) is 0 Å². The van der Waals surface area contributed by atoms with E-state index in [1.54, 1.807) is 0 Å². The number of hydrogen-bond acceptors (Lipinski definition) is 4. The first kappa shape index (κ1) is 14.5. The van der Waals surface area contributed by atoms with Crippen LogP contribution in [0.25, 0.3) is 0 Å². The molecular formula is C13H23N3O2S. The molecule has 1 saturated carbocycles. The van der Waals surface area contributed by atoms with Crippen molar-refractivity contribution in [2.75, 3.05) is 6.26 Å². The smallest absolute Gasteiger partial charge is 0.150 e. The molecule has 2 atom stereocenters. The summed E-state index contributed by atoms with van der Waals surface area (Å²) < 4.78 is 25.4. The zero-order chi connectivity index (χ0) is 14.2. The summed E-state index contributed by atoms with van der Waals surface area (Å²) >= 11 is 0. The highest BCUT2D eigenvalue weighted by molar-refractivity contribution is 7.91. The molecular weight excluding hydrogens is 262 g/mol. The molecule has 5 nitrogen and oxygen atoms in total. The molecule has 1 aromatic rings. The number of aryl methyl sites for hydroxylation is 1. The van der Waals surface area contributed by atoms with Crippen molar-refractivity contribution >= 4 is 9.84 Å². The Labute approximate surface area is 115 Å². The molecule has 0 aliphatic heterocycles. The van der Waals surface area contributed by atoms with Gasteiger partial charge in [-0.15, -0.1) is 0 Å². The molecule has 1 aliphatic carbocycles. The van der Waals surface area contributed by atoms with Gasteiger partial charge in [0.05, 0.1) is 17.0 Å². The van der Waals surface area contributed by atoms with E-state index in [9.17, 15) is 8.42 Å². The van der Waals surface area contributed by atoms with Crippen LogP contribution in [0, 0.1) is 13.8 Å². The van der Waals surface area contributed by atoms with Crippen LogP contribution in [-0.4, -0.2) is 29.7 Å². The van der Waals surface area contributed by atoms with Gasteiger partial charge in [-0.1, -0.05) is 6.42 Å². The first-order chi connectivity index (χ1) is 8.84. The highest BCUT2D eigenvalue weighted by Gasteiger charge is 2.31. The van der Waals surface area contributed by atoms with E-state index in [0.29, 0.717) is 13.0 Å². The second-order valence-electron chi connectivity index (χ2n) is 5.57. The minimum atomic E-state index is -2.95. The van der Waals surface area contributed by atoms with E-state index in [0.717, 1.165) is 36.2 Å². The minimum absolute atomic E-state index is 0.187. The maximum Gasteiger partial charge on any atom is 0.150 e. The quantitative estimate of drug-likeness (QED) is 0.912. The third-order valence-corrected chi connectivity index (χ3v) is 5.87. The second kappa shape index (κ2) is 5.25. The van der Waals surface area contributed by atoms with Crippen LogP contribution in [0.15, 0.2) is 0 Å². The monoisotopic (exact) mass is 285 g/mol. The van der Waals surface area contributed by atoms with Crippen LogP contribution in [0.4, 0.5) is 0 Å². The van der Waals surface area contributed by atoms with Gasteiger partial charge in [0.25, 0.3) is 0 Å². The van der Waals surface area contributed by atoms with Crippen molar-refractivity contribution in [1.29, 1.82) is 0 Å². The fourth-order valence-corrected chi connectivity index (χ4v) is 4.25. The molecule has 2 rings (SSSR count). The molecule has 0 spiro atoms. The van der Waals surface area contributed by atoms with Crippen molar-refractivity contribution in [3.63, 3.8) is 0 Å². The average Bonchev–Trinajstić information content (AvgIpc) is 2.63. The zero-order valence-corrected chi connectivity index (χ0v) is 12.7. The van der Waals surface area contributed by atoms with Crippen molar-refractivity contribution in [2.24, 2.45) is 5.73 Å². The average molecular weight is 285 g/mol. The SMILES string of the molecule is Cc1nn(C2CCCC(S(C)(=O)=O)C2)c(C)c1CN. The third kappa shape index (κ3) is 2.84. The van der Waals surface area contributed by atoms with Crippen molar-refractivity contribution in [1.82, 2.24) is 9.78 Å². The molecule has 0 aromatic carbocycles. The molecule has 2 unspecified atom stereocenters. The van der Waals surface area contributed by atoms with Gasteiger partial charge >= 0.3 is 0 Å². The fourth-order valence-electron chi connectivity index (χ4n) is 3.08. The Balaban J connectivity index is 2.27. The van der Waals surface area contributed by atoms with Crippen molar-refractivity contribution in [3.05, 3.63) is 17.0 Å². The molecule has 2 N–H and O–H groups in total. The Morgan fingerprint density at radius 3 is 2.58 bits per heavy atom. The van der Waals surface area contributed by atoms with E-state index < -0.39 is 9.84 Å². The summed E-state index contributed by atoms with van der Waals surface area (Å²) in [5.41, 5.74) is 8.87. The van der Waals surface area contributed by atoms with Gasteiger partial charge in [0, 0.05) is 24.1 Å². The van der Waals surface area contributed by atoms with Gasteiger partial charge < -0.3 is 5.73 Å². The summed E-state index contributed by atoms with van der Waals surface area (Å²) in [5, 5.41) is 4.34. The molecule has 0 bridgehead atoms. The van der Waals surface area contributed by atoms with Crippen molar-refractivity contribution < 1.29 is 8.42 Å². The van der Waals surface area contributed by atoms with Gasteiger partial charge in [-0.05, 0) is 33.1 Å². The molecule has 0 radical (unpaired) electrons. The van der Waals surface area contributed by atoms with Crippen molar-refractivity contribution in [3.8, 4) is 0 Å². The Morgan fingerprint density at radius 2 is 2.05 bits per heavy atom. The Morgan fingerprint density at radius 1 is 1.37 bits per heavy atom. The lowest BCUT2D eigenvalue weighted by Crippen LogP contribution is -2.29. The van der Waals surface area contributed by atoms with Gasteiger partial charge in [0.1, 0.15) is 9.84 Å². The van der Waals surface area contributed by atoms with Crippen LogP contribution >= 0.6 is 0 Å². The molecule has 108 valence electrons. The number of rotatable bonds is 3. The highest BCUT2D eigenvalue weighted by Crippen LogP contribution is 2.33. The highest BCUT2D eigenvalue weighted by atomic mass is 32.2. The van der Waals surface area contributed by atoms with E-state index in [2.05, 4.69) is 5.10 Å². The maximum atomic E-state index is 11.7. The Hall–Kier alpha value is -0.880. The fraction of sp³-hybridized carbons (Fsp3) is 0.769. The number of nitrogens with two attached hydrogens (primary N) is 1. The topological polar surface area (TPSA) is 78.0 Å². The normalized spacial score (nSPS) is 24.6. The Bertz CT molecular complexity index is 563. The minimum Gasteiger partial charge on any atom is -0.326 e. The molecule has 1 fully saturated rings. The Kier molecular flexibility index (Phi) is 4.01. The summed E-state index contributed by atoms with van der Waals surface area (Å²) in [4.78, 5) is 0. The van der Waals surface area contributed by atoms with Crippen LogP contribution in [0.2, 0.25) is 0 Å². The maximum absolute atomic E-state index is 11.7. The predicted octanol–water partition coefficient (Wildman–Crippen LogP) is 1.49. The van der Waals surface area contributed by atoms with Gasteiger partial charge in [0.15, 0.2) is 0 Å². The van der Waals surface area contributed by atoms with Crippen molar-refractivity contribution in [2.45, 2.75) is 57.4 Å².